The van der Waals surface area contributed by atoms with Gasteiger partial charge in [-0.15, -0.1) is 0 Å². The third kappa shape index (κ3) is 4.67. The van der Waals surface area contributed by atoms with Crippen LogP contribution >= 0.6 is 0 Å². The van der Waals surface area contributed by atoms with Gasteiger partial charge in [0.15, 0.2) is 0 Å². The predicted octanol–water partition coefficient (Wildman–Crippen LogP) is 1.51. The van der Waals surface area contributed by atoms with E-state index in [1.54, 1.807) is 0 Å². The first-order valence-corrected chi connectivity index (χ1v) is 7.76. The first-order valence-electron chi connectivity index (χ1n) is 7.76. The molecule has 0 aromatic carbocycles. The third-order valence-corrected chi connectivity index (χ3v) is 3.45. The minimum absolute atomic E-state index is 0.194. The van der Waals surface area contributed by atoms with Gasteiger partial charge in [0, 0.05) is 13.1 Å². The molecule has 1 aromatic heterocycles. The Balaban J connectivity index is 2.88. The normalized spacial score (nSPS) is 10.6. The van der Waals surface area contributed by atoms with E-state index in [1.165, 1.54) is 0 Å². The zero-order valence-electron chi connectivity index (χ0n) is 14.0. The van der Waals surface area contributed by atoms with Crippen molar-refractivity contribution < 1.29 is 4.79 Å². The van der Waals surface area contributed by atoms with E-state index in [1.807, 2.05) is 27.7 Å². The lowest BCUT2D eigenvalue weighted by atomic mass is 9.83. The molecule has 0 saturated heterocycles. The number of hydrogen-bond donors (Lipinski definition) is 4. The molecule has 0 spiro atoms. The van der Waals surface area contributed by atoms with Crippen molar-refractivity contribution in [3.63, 3.8) is 0 Å². The number of carbonyl (C=O) groups excluding carboxylic acids is 1. The van der Waals surface area contributed by atoms with Gasteiger partial charge in [0.1, 0.15) is 5.41 Å². The van der Waals surface area contributed by atoms with Crippen LogP contribution in [-0.2, 0) is 4.79 Å². The van der Waals surface area contributed by atoms with Crippen LogP contribution in [0, 0.1) is 16.7 Å². The van der Waals surface area contributed by atoms with Crippen molar-refractivity contribution in [3.05, 3.63) is 0 Å². The van der Waals surface area contributed by atoms with E-state index < -0.39 is 11.3 Å². The monoisotopic (exact) mass is 320 g/mol. The number of hydrogen-bond acceptors (Lipinski definition) is 8. The highest BCUT2D eigenvalue weighted by atomic mass is 16.2. The summed E-state index contributed by atoms with van der Waals surface area (Å²) in [6, 6.07) is 2.08. The molecule has 0 fully saturated rings. The molecule has 23 heavy (non-hydrogen) atoms. The van der Waals surface area contributed by atoms with Crippen molar-refractivity contribution in [1.29, 1.82) is 5.26 Å². The number of aromatic nitrogens is 3. The average molecular weight is 320 g/mol. The molecule has 0 bridgehead atoms. The summed E-state index contributed by atoms with van der Waals surface area (Å²) < 4.78 is 0. The van der Waals surface area contributed by atoms with Crippen molar-refractivity contribution in [2.24, 2.45) is 5.41 Å². The number of nitrogens with zero attached hydrogens (tertiary/aromatic N) is 4. The number of anilines is 3. The van der Waals surface area contributed by atoms with Gasteiger partial charge in [-0.1, -0.05) is 13.8 Å². The molecule has 1 rings (SSSR count). The van der Waals surface area contributed by atoms with E-state index in [4.69, 9.17) is 0 Å². The number of rotatable bonds is 9. The maximum Gasteiger partial charge on any atom is 0.258 e. The van der Waals surface area contributed by atoms with Crippen molar-refractivity contribution in [1.82, 2.24) is 20.4 Å². The molecular weight excluding hydrogens is 296 g/mol. The van der Waals surface area contributed by atoms with Gasteiger partial charge in [0.25, 0.3) is 5.91 Å². The molecule has 0 radical (unpaired) electrons. The van der Waals surface area contributed by atoms with Crippen molar-refractivity contribution >= 4 is 23.8 Å². The standard InChI is InChI=1S/C14H24N8O/c1-5-14(6-2,9-15)10(23)21-22-13-19-11(16-7-3)18-12(20-13)17-8-4/h5-8H2,1-4H3,(H,21,23)(H3,16,17,18,19,20,22). The van der Waals surface area contributed by atoms with Crippen LogP contribution < -0.4 is 21.5 Å². The molecule has 126 valence electrons. The number of carbonyl (C=O) groups is 1. The lowest BCUT2D eigenvalue weighted by Crippen LogP contribution is -2.42. The van der Waals surface area contributed by atoms with Crippen LogP contribution in [0.5, 0.6) is 0 Å². The Hall–Kier alpha value is -2.63. The summed E-state index contributed by atoms with van der Waals surface area (Å²) in [5.41, 5.74) is 4.11. The van der Waals surface area contributed by atoms with Gasteiger partial charge in [0.05, 0.1) is 6.07 Å². The van der Waals surface area contributed by atoms with Crippen molar-refractivity contribution in [2.75, 3.05) is 29.1 Å². The molecule has 9 nitrogen and oxygen atoms in total. The van der Waals surface area contributed by atoms with Gasteiger partial charge in [-0.2, -0.15) is 20.2 Å². The highest BCUT2D eigenvalue weighted by Gasteiger charge is 2.35. The molecule has 0 unspecified atom stereocenters. The molecule has 9 heteroatoms. The molecule has 1 amide bonds. The fraction of sp³-hybridized carbons (Fsp3) is 0.643. The second kappa shape index (κ2) is 8.73. The second-order valence-electron chi connectivity index (χ2n) is 4.85. The molecule has 0 aliphatic rings. The van der Waals surface area contributed by atoms with E-state index >= 15 is 0 Å². The quantitative estimate of drug-likeness (QED) is 0.504. The van der Waals surface area contributed by atoms with Crippen LogP contribution in [0.2, 0.25) is 0 Å². The van der Waals surface area contributed by atoms with Gasteiger partial charge in [-0.3, -0.25) is 15.6 Å². The Morgan fingerprint density at radius 3 is 1.87 bits per heavy atom. The van der Waals surface area contributed by atoms with Gasteiger partial charge in [-0.05, 0) is 26.7 Å². The van der Waals surface area contributed by atoms with E-state index in [-0.39, 0.29) is 5.95 Å². The zero-order chi connectivity index (χ0) is 17.3. The summed E-state index contributed by atoms with van der Waals surface area (Å²) in [5, 5.41) is 15.3. The van der Waals surface area contributed by atoms with Gasteiger partial charge in [-0.25, -0.2) is 0 Å². The van der Waals surface area contributed by atoms with E-state index in [9.17, 15) is 10.1 Å². The van der Waals surface area contributed by atoms with Crippen LogP contribution in [0.4, 0.5) is 17.8 Å². The number of hydrazine groups is 1. The summed E-state index contributed by atoms with van der Waals surface area (Å²) in [6.45, 7) is 8.78. The van der Waals surface area contributed by atoms with Crippen LogP contribution in [0.1, 0.15) is 40.5 Å². The van der Waals surface area contributed by atoms with Crippen LogP contribution in [0.15, 0.2) is 0 Å². The van der Waals surface area contributed by atoms with E-state index in [0.29, 0.717) is 37.8 Å². The van der Waals surface area contributed by atoms with Crippen LogP contribution in [0.25, 0.3) is 0 Å². The predicted molar refractivity (Wildman–Crippen MR) is 88.5 cm³/mol. The lowest BCUT2D eigenvalue weighted by Gasteiger charge is -2.22. The minimum Gasteiger partial charge on any atom is -0.354 e. The minimum atomic E-state index is -1.06. The molecular formula is C14H24N8O. The van der Waals surface area contributed by atoms with Crippen molar-refractivity contribution in [3.8, 4) is 6.07 Å². The third-order valence-electron chi connectivity index (χ3n) is 3.45. The Labute approximate surface area is 136 Å². The topological polar surface area (TPSA) is 128 Å². The molecule has 0 atom stereocenters. The Morgan fingerprint density at radius 2 is 1.48 bits per heavy atom. The Bertz CT molecular complexity index is 540. The van der Waals surface area contributed by atoms with E-state index in [2.05, 4.69) is 42.5 Å². The van der Waals surface area contributed by atoms with Crippen molar-refractivity contribution in [2.45, 2.75) is 40.5 Å². The molecule has 0 aliphatic heterocycles. The molecule has 0 saturated carbocycles. The van der Waals surface area contributed by atoms with Gasteiger partial charge < -0.3 is 10.6 Å². The average Bonchev–Trinajstić information content (AvgIpc) is 2.55. The summed E-state index contributed by atoms with van der Waals surface area (Å²) in [5.74, 6) is 0.583. The second-order valence-corrected chi connectivity index (χ2v) is 4.85. The molecule has 1 heterocycles. The maximum absolute atomic E-state index is 12.3. The molecule has 4 N–H and O–H groups in total. The SMILES string of the molecule is CCNc1nc(NCC)nc(NNC(=O)C(C#N)(CC)CC)n1. The zero-order valence-corrected chi connectivity index (χ0v) is 14.0. The summed E-state index contributed by atoms with van der Waals surface area (Å²) in [4.78, 5) is 24.8. The fourth-order valence-electron chi connectivity index (χ4n) is 1.92. The molecule has 1 aromatic rings. The molecule has 0 aliphatic carbocycles. The number of nitrogens with one attached hydrogen (secondary N) is 4. The Kier molecular flexibility index (Phi) is 6.99. The Morgan fingerprint density at radius 1 is 1.00 bits per heavy atom. The van der Waals surface area contributed by atoms with Gasteiger partial charge >= 0.3 is 0 Å². The van der Waals surface area contributed by atoms with Crippen LogP contribution in [-0.4, -0.2) is 33.9 Å². The van der Waals surface area contributed by atoms with Gasteiger partial charge in [0.2, 0.25) is 17.8 Å². The summed E-state index contributed by atoms with van der Waals surface area (Å²) in [7, 11) is 0. The van der Waals surface area contributed by atoms with E-state index in [0.717, 1.165) is 0 Å². The largest absolute Gasteiger partial charge is 0.354 e. The number of amides is 1. The lowest BCUT2D eigenvalue weighted by molar-refractivity contribution is -0.128. The first kappa shape index (κ1) is 18.4. The maximum atomic E-state index is 12.3. The summed E-state index contributed by atoms with van der Waals surface area (Å²) >= 11 is 0. The highest BCUT2D eigenvalue weighted by Crippen LogP contribution is 2.25. The smallest absolute Gasteiger partial charge is 0.258 e. The fourth-order valence-corrected chi connectivity index (χ4v) is 1.92. The highest BCUT2D eigenvalue weighted by molar-refractivity contribution is 5.86. The van der Waals surface area contributed by atoms with Crippen LogP contribution in [0.3, 0.4) is 0 Å². The number of nitriles is 1. The summed E-state index contributed by atoms with van der Waals surface area (Å²) in [6.07, 6.45) is 0.853. The first-order chi connectivity index (χ1) is 11.0.